The zero-order valence-electron chi connectivity index (χ0n) is 10.1. The SMILES string of the molecule is CCCC1(CNC(=O)c2ccccc2F)CC1. The zero-order valence-corrected chi connectivity index (χ0v) is 10.1. The van der Waals surface area contributed by atoms with E-state index in [2.05, 4.69) is 12.2 Å². The van der Waals surface area contributed by atoms with Gasteiger partial charge in [0.1, 0.15) is 5.82 Å². The second-order valence-corrected chi connectivity index (χ2v) is 4.91. The van der Waals surface area contributed by atoms with Crippen LogP contribution in [-0.2, 0) is 0 Å². The molecule has 2 nitrogen and oxygen atoms in total. The molecule has 1 aromatic rings. The van der Waals surface area contributed by atoms with Gasteiger partial charge < -0.3 is 5.32 Å². The number of carbonyl (C=O) groups excluding carboxylic acids is 1. The third kappa shape index (κ3) is 2.84. The van der Waals surface area contributed by atoms with E-state index in [1.54, 1.807) is 12.1 Å². The summed E-state index contributed by atoms with van der Waals surface area (Å²) in [6.07, 6.45) is 4.64. The Hall–Kier alpha value is -1.38. The largest absolute Gasteiger partial charge is 0.351 e. The summed E-state index contributed by atoms with van der Waals surface area (Å²) in [5.41, 5.74) is 0.440. The monoisotopic (exact) mass is 235 g/mol. The molecule has 1 fully saturated rings. The van der Waals surface area contributed by atoms with Crippen LogP contribution in [0.1, 0.15) is 43.0 Å². The summed E-state index contributed by atoms with van der Waals surface area (Å²) >= 11 is 0. The van der Waals surface area contributed by atoms with Gasteiger partial charge >= 0.3 is 0 Å². The van der Waals surface area contributed by atoms with Gasteiger partial charge in [-0.1, -0.05) is 25.5 Å². The summed E-state index contributed by atoms with van der Waals surface area (Å²) in [5, 5.41) is 2.85. The minimum atomic E-state index is -0.453. The van der Waals surface area contributed by atoms with Crippen LogP contribution in [0.25, 0.3) is 0 Å². The van der Waals surface area contributed by atoms with Crippen molar-refractivity contribution in [3.05, 3.63) is 35.6 Å². The fourth-order valence-electron chi connectivity index (χ4n) is 2.23. The normalized spacial score (nSPS) is 16.6. The molecule has 1 amide bonds. The van der Waals surface area contributed by atoms with Crippen LogP contribution < -0.4 is 5.32 Å². The van der Waals surface area contributed by atoms with Gasteiger partial charge in [0, 0.05) is 6.54 Å². The van der Waals surface area contributed by atoms with Gasteiger partial charge in [-0.05, 0) is 36.8 Å². The Morgan fingerprint density at radius 1 is 1.41 bits per heavy atom. The molecule has 1 aromatic carbocycles. The fourth-order valence-corrected chi connectivity index (χ4v) is 2.23. The number of halogens is 1. The molecule has 17 heavy (non-hydrogen) atoms. The molecule has 1 saturated carbocycles. The predicted octanol–water partition coefficient (Wildman–Crippen LogP) is 3.14. The lowest BCUT2D eigenvalue weighted by molar-refractivity contribution is 0.0939. The van der Waals surface area contributed by atoms with Crippen molar-refractivity contribution in [2.45, 2.75) is 32.6 Å². The number of amides is 1. The van der Waals surface area contributed by atoms with E-state index in [1.807, 2.05) is 0 Å². The molecule has 1 N–H and O–H groups in total. The Labute approximate surface area is 101 Å². The van der Waals surface area contributed by atoms with Crippen molar-refractivity contribution < 1.29 is 9.18 Å². The molecule has 0 aromatic heterocycles. The first kappa shape index (κ1) is 12.1. The summed E-state index contributed by atoms with van der Waals surface area (Å²) in [6.45, 7) is 2.83. The highest BCUT2D eigenvalue weighted by Crippen LogP contribution is 2.48. The van der Waals surface area contributed by atoms with Gasteiger partial charge in [-0.25, -0.2) is 4.39 Å². The van der Waals surface area contributed by atoms with Crippen LogP contribution in [0.3, 0.4) is 0 Å². The minimum absolute atomic E-state index is 0.139. The molecule has 3 heteroatoms. The number of benzene rings is 1. The van der Waals surface area contributed by atoms with Gasteiger partial charge in [0.2, 0.25) is 0 Å². The van der Waals surface area contributed by atoms with Gasteiger partial charge in [-0.3, -0.25) is 4.79 Å². The lowest BCUT2D eigenvalue weighted by atomic mass is 10.0. The summed E-state index contributed by atoms with van der Waals surface area (Å²) < 4.78 is 13.4. The van der Waals surface area contributed by atoms with E-state index in [9.17, 15) is 9.18 Å². The highest BCUT2D eigenvalue weighted by atomic mass is 19.1. The van der Waals surface area contributed by atoms with E-state index in [0.717, 1.165) is 12.8 Å². The molecule has 2 rings (SSSR count). The van der Waals surface area contributed by atoms with Gasteiger partial charge in [0.25, 0.3) is 5.91 Å². The fraction of sp³-hybridized carbons (Fsp3) is 0.500. The molecular formula is C14H18FNO. The molecule has 92 valence electrons. The van der Waals surface area contributed by atoms with Crippen molar-refractivity contribution in [2.24, 2.45) is 5.41 Å². The van der Waals surface area contributed by atoms with Crippen molar-refractivity contribution in [1.82, 2.24) is 5.32 Å². The smallest absolute Gasteiger partial charge is 0.254 e. The van der Waals surface area contributed by atoms with Gasteiger partial charge in [-0.2, -0.15) is 0 Å². The molecule has 0 heterocycles. The van der Waals surface area contributed by atoms with Crippen LogP contribution in [0.4, 0.5) is 4.39 Å². The quantitative estimate of drug-likeness (QED) is 0.834. The van der Waals surface area contributed by atoms with E-state index in [1.165, 1.54) is 25.0 Å². The van der Waals surface area contributed by atoms with Crippen LogP contribution in [0.15, 0.2) is 24.3 Å². The number of nitrogens with one attached hydrogen (secondary N) is 1. The molecule has 0 unspecified atom stereocenters. The molecule has 0 aliphatic heterocycles. The summed E-state index contributed by atoms with van der Waals surface area (Å²) in [4.78, 5) is 11.8. The number of hydrogen-bond acceptors (Lipinski definition) is 1. The van der Waals surface area contributed by atoms with E-state index < -0.39 is 5.82 Å². The number of rotatable bonds is 5. The molecule has 1 aliphatic carbocycles. The molecule has 0 atom stereocenters. The van der Waals surface area contributed by atoms with E-state index in [0.29, 0.717) is 12.0 Å². The highest BCUT2D eigenvalue weighted by Gasteiger charge is 2.41. The lowest BCUT2D eigenvalue weighted by Crippen LogP contribution is -2.30. The topological polar surface area (TPSA) is 29.1 Å². The Morgan fingerprint density at radius 3 is 2.71 bits per heavy atom. The van der Waals surface area contributed by atoms with Gasteiger partial charge in [0.15, 0.2) is 0 Å². The van der Waals surface area contributed by atoms with Crippen molar-refractivity contribution in [1.29, 1.82) is 0 Å². The Bertz CT molecular complexity index is 412. The third-order valence-electron chi connectivity index (χ3n) is 3.48. The predicted molar refractivity (Wildman–Crippen MR) is 65.3 cm³/mol. The second-order valence-electron chi connectivity index (χ2n) is 4.91. The summed E-state index contributed by atoms with van der Waals surface area (Å²) in [5.74, 6) is -0.754. The molecule has 0 saturated heterocycles. The Morgan fingerprint density at radius 2 is 2.12 bits per heavy atom. The maximum absolute atomic E-state index is 13.4. The molecule has 1 aliphatic rings. The summed E-state index contributed by atoms with van der Waals surface area (Å²) in [6, 6.07) is 6.10. The standard InChI is InChI=1S/C14H18FNO/c1-2-7-14(8-9-14)10-16-13(17)11-5-3-4-6-12(11)15/h3-6H,2,7-10H2,1H3,(H,16,17). The van der Waals surface area contributed by atoms with E-state index in [4.69, 9.17) is 0 Å². The van der Waals surface area contributed by atoms with Crippen molar-refractivity contribution >= 4 is 5.91 Å². The molecule has 0 bridgehead atoms. The minimum Gasteiger partial charge on any atom is -0.351 e. The van der Waals surface area contributed by atoms with E-state index in [-0.39, 0.29) is 11.5 Å². The second kappa shape index (κ2) is 4.86. The van der Waals surface area contributed by atoms with Crippen LogP contribution in [-0.4, -0.2) is 12.5 Å². The first-order valence-corrected chi connectivity index (χ1v) is 6.20. The number of carbonyl (C=O) groups is 1. The van der Waals surface area contributed by atoms with Crippen LogP contribution in [0, 0.1) is 11.2 Å². The zero-order chi connectivity index (χ0) is 12.3. The first-order valence-electron chi connectivity index (χ1n) is 6.20. The Balaban J connectivity index is 1.92. The molecule has 0 radical (unpaired) electrons. The average Bonchev–Trinajstić information content (AvgIpc) is 3.08. The van der Waals surface area contributed by atoms with Crippen molar-refractivity contribution in [3.8, 4) is 0 Å². The first-order chi connectivity index (χ1) is 8.17. The van der Waals surface area contributed by atoms with Crippen LogP contribution in [0.2, 0.25) is 0 Å². The Kier molecular flexibility index (Phi) is 3.46. The van der Waals surface area contributed by atoms with E-state index >= 15 is 0 Å². The molecule has 0 spiro atoms. The summed E-state index contributed by atoms with van der Waals surface area (Å²) in [7, 11) is 0. The van der Waals surface area contributed by atoms with Crippen LogP contribution in [0.5, 0.6) is 0 Å². The average molecular weight is 235 g/mol. The van der Waals surface area contributed by atoms with Crippen molar-refractivity contribution in [2.75, 3.05) is 6.54 Å². The number of hydrogen-bond donors (Lipinski definition) is 1. The van der Waals surface area contributed by atoms with Crippen LogP contribution >= 0.6 is 0 Å². The van der Waals surface area contributed by atoms with Gasteiger partial charge in [0.05, 0.1) is 5.56 Å². The van der Waals surface area contributed by atoms with Crippen molar-refractivity contribution in [3.63, 3.8) is 0 Å². The third-order valence-corrected chi connectivity index (χ3v) is 3.48. The maximum Gasteiger partial charge on any atom is 0.254 e. The lowest BCUT2D eigenvalue weighted by Gasteiger charge is -2.15. The van der Waals surface area contributed by atoms with Gasteiger partial charge in [-0.15, -0.1) is 0 Å². The maximum atomic E-state index is 13.4. The highest BCUT2D eigenvalue weighted by molar-refractivity contribution is 5.94. The molecular weight excluding hydrogens is 217 g/mol.